The molecule has 1 unspecified atom stereocenters. The molecule has 0 saturated carbocycles. The standard InChI is InChI=1S/C9H18FNS/c1-9(2)3-6-12-7-8(9)11-5-4-10/h8,11H,3-7H2,1-2H3. The van der Waals surface area contributed by atoms with Crippen LogP contribution in [0.15, 0.2) is 0 Å². The molecule has 1 heterocycles. The average molecular weight is 191 g/mol. The van der Waals surface area contributed by atoms with E-state index in [2.05, 4.69) is 19.2 Å². The summed E-state index contributed by atoms with van der Waals surface area (Å²) in [4.78, 5) is 0. The molecule has 3 heteroatoms. The summed E-state index contributed by atoms with van der Waals surface area (Å²) in [5.41, 5.74) is 0.348. The van der Waals surface area contributed by atoms with E-state index in [-0.39, 0.29) is 6.67 Å². The zero-order chi connectivity index (χ0) is 9.03. The fourth-order valence-corrected chi connectivity index (χ4v) is 3.14. The second-order valence-electron chi connectivity index (χ2n) is 4.01. The minimum absolute atomic E-state index is 0.253. The average Bonchev–Trinajstić information content (AvgIpc) is 2.02. The van der Waals surface area contributed by atoms with E-state index in [1.807, 2.05) is 11.8 Å². The van der Waals surface area contributed by atoms with Crippen molar-refractivity contribution in [3.05, 3.63) is 0 Å². The maximum absolute atomic E-state index is 11.9. The SMILES string of the molecule is CC1(C)CCSCC1NCCF. The summed E-state index contributed by atoms with van der Waals surface area (Å²) in [5.74, 6) is 2.38. The molecule has 1 nitrogen and oxygen atoms in total. The first-order valence-corrected chi connectivity index (χ1v) is 5.69. The van der Waals surface area contributed by atoms with E-state index in [0.717, 1.165) is 5.75 Å². The zero-order valence-electron chi connectivity index (χ0n) is 7.90. The third-order valence-electron chi connectivity index (χ3n) is 2.60. The van der Waals surface area contributed by atoms with E-state index < -0.39 is 0 Å². The predicted molar refractivity (Wildman–Crippen MR) is 53.5 cm³/mol. The summed E-state index contributed by atoms with van der Waals surface area (Å²) in [6, 6.07) is 0.493. The van der Waals surface area contributed by atoms with Crippen LogP contribution in [-0.2, 0) is 0 Å². The maximum atomic E-state index is 11.9. The lowest BCUT2D eigenvalue weighted by Gasteiger charge is -2.38. The molecule has 0 radical (unpaired) electrons. The molecule has 0 bridgehead atoms. The van der Waals surface area contributed by atoms with E-state index in [1.165, 1.54) is 12.2 Å². The van der Waals surface area contributed by atoms with Gasteiger partial charge >= 0.3 is 0 Å². The number of thioether (sulfide) groups is 1. The second kappa shape index (κ2) is 4.47. The van der Waals surface area contributed by atoms with Gasteiger partial charge in [-0.3, -0.25) is 0 Å². The molecular formula is C9H18FNS. The van der Waals surface area contributed by atoms with Crippen LogP contribution in [0.3, 0.4) is 0 Å². The number of hydrogen-bond donors (Lipinski definition) is 1. The van der Waals surface area contributed by atoms with Crippen LogP contribution in [0.1, 0.15) is 20.3 Å². The van der Waals surface area contributed by atoms with Crippen LogP contribution in [-0.4, -0.2) is 30.8 Å². The number of hydrogen-bond acceptors (Lipinski definition) is 2. The second-order valence-corrected chi connectivity index (χ2v) is 5.16. The Balaban J connectivity index is 2.37. The van der Waals surface area contributed by atoms with Crippen molar-refractivity contribution in [3.63, 3.8) is 0 Å². The summed E-state index contributed by atoms with van der Waals surface area (Å²) in [5, 5.41) is 3.27. The third kappa shape index (κ3) is 2.63. The molecule has 1 saturated heterocycles. The minimum Gasteiger partial charge on any atom is -0.310 e. The highest BCUT2D eigenvalue weighted by molar-refractivity contribution is 7.99. The summed E-state index contributed by atoms with van der Waals surface area (Å²) >= 11 is 1.97. The number of nitrogens with one attached hydrogen (secondary N) is 1. The van der Waals surface area contributed by atoms with Gasteiger partial charge in [0.15, 0.2) is 0 Å². The van der Waals surface area contributed by atoms with Crippen molar-refractivity contribution >= 4 is 11.8 Å². The Morgan fingerprint density at radius 3 is 2.92 bits per heavy atom. The Hall–Kier alpha value is 0.240. The molecule has 12 heavy (non-hydrogen) atoms. The van der Waals surface area contributed by atoms with Gasteiger partial charge in [0, 0.05) is 18.3 Å². The van der Waals surface area contributed by atoms with Crippen LogP contribution in [0.2, 0.25) is 0 Å². The molecule has 1 N–H and O–H groups in total. The topological polar surface area (TPSA) is 12.0 Å². The van der Waals surface area contributed by atoms with Crippen molar-refractivity contribution in [3.8, 4) is 0 Å². The van der Waals surface area contributed by atoms with Gasteiger partial charge < -0.3 is 5.32 Å². The fraction of sp³-hybridized carbons (Fsp3) is 1.00. The molecule has 0 amide bonds. The number of alkyl halides is 1. The summed E-state index contributed by atoms with van der Waals surface area (Å²) in [6.07, 6.45) is 1.24. The summed E-state index contributed by atoms with van der Waals surface area (Å²) in [6.45, 7) is 4.79. The normalized spacial score (nSPS) is 28.8. The van der Waals surface area contributed by atoms with Crippen molar-refractivity contribution in [2.45, 2.75) is 26.3 Å². The maximum Gasteiger partial charge on any atom is 0.102 e. The van der Waals surface area contributed by atoms with Crippen molar-refractivity contribution < 1.29 is 4.39 Å². The molecule has 0 aromatic rings. The molecule has 0 aliphatic carbocycles. The minimum atomic E-state index is -0.253. The van der Waals surface area contributed by atoms with Gasteiger partial charge in [0.05, 0.1) is 0 Å². The van der Waals surface area contributed by atoms with Gasteiger partial charge in [-0.15, -0.1) is 0 Å². The van der Waals surface area contributed by atoms with E-state index in [4.69, 9.17) is 0 Å². The van der Waals surface area contributed by atoms with Gasteiger partial charge in [-0.25, -0.2) is 4.39 Å². The molecule has 1 rings (SSSR count). The number of halogens is 1. The van der Waals surface area contributed by atoms with E-state index in [0.29, 0.717) is 18.0 Å². The first-order valence-electron chi connectivity index (χ1n) is 4.54. The van der Waals surface area contributed by atoms with Gasteiger partial charge in [-0.05, 0) is 17.6 Å². The lowest BCUT2D eigenvalue weighted by Crippen LogP contribution is -2.47. The molecule has 1 aliphatic heterocycles. The molecule has 0 aromatic carbocycles. The quantitative estimate of drug-likeness (QED) is 0.733. The largest absolute Gasteiger partial charge is 0.310 e. The third-order valence-corrected chi connectivity index (χ3v) is 3.67. The van der Waals surface area contributed by atoms with E-state index in [1.54, 1.807) is 0 Å². The lowest BCUT2D eigenvalue weighted by atomic mass is 9.82. The van der Waals surface area contributed by atoms with Crippen LogP contribution in [0, 0.1) is 5.41 Å². The van der Waals surface area contributed by atoms with Gasteiger partial charge in [-0.2, -0.15) is 11.8 Å². The van der Waals surface area contributed by atoms with Crippen LogP contribution in [0.5, 0.6) is 0 Å². The van der Waals surface area contributed by atoms with Crippen LogP contribution in [0.4, 0.5) is 4.39 Å². The van der Waals surface area contributed by atoms with Gasteiger partial charge in [0.1, 0.15) is 6.67 Å². The van der Waals surface area contributed by atoms with Crippen LogP contribution >= 0.6 is 11.8 Å². The highest BCUT2D eigenvalue weighted by Gasteiger charge is 2.31. The molecular weight excluding hydrogens is 173 g/mol. The van der Waals surface area contributed by atoms with Crippen molar-refractivity contribution in [2.24, 2.45) is 5.41 Å². The van der Waals surface area contributed by atoms with Gasteiger partial charge in [0.2, 0.25) is 0 Å². The Bertz CT molecular complexity index is 138. The van der Waals surface area contributed by atoms with Crippen molar-refractivity contribution in [2.75, 3.05) is 24.7 Å². The molecule has 72 valence electrons. The Morgan fingerprint density at radius 2 is 2.33 bits per heavy atom. The smallest absolute Gasteiger partial charge is 0.102 e. The molecule has 0 aromatic heterocycles. The summed E-state index contributed by atoms with van der Waals surface area (Å²) < 4.78 is 11.9. The zero-order valence-corrected chi connectivity index (χ0v) is 8.72. The van der Waals surface area contributed by atoms with Crippen LogP contribution < -0.4 is 5.32 Å². The highest BCUT2D eigenvalue weighted by Crippen LogP contribution is 2.33. The van der Waals surface area contributed by atoms with Crippen molar-refractivity contribution in [1.82, 2.24) is 5.32 Å². The van der Waals surface area contributed by atoms with E-state index >= 15 is 0 Å². The predicted octanol–water partition coefficient (Wildman–Crippen LogP) is 2.08. The molecule has 1 fully saturated rings. The Morgan fingerprint density at radius 1 is 1.58 bits per heavy atom. The lowest BCUT2D eigenvalue weighted by molar-refractivity contribution is 0.241. The fourth-order valence-electron chi connectivity index (χ4n) is 1.50. The van der Waals surface area contributed by atoms with Crippen molar-refractivity contribution in [1.29, 1.82) is 0 Å². The first kappa shape index (κ1) is 10.3. The molecule has 1 aliphatic rings. The molecule has 0 spiro atoms. The van der Waals surface area contributed by atoms with Crippen LogP contribution in [0.25, 0.3) is 0 Å². The monoisotopic (exact) mass is 191 g/mol. The summed E-state index contributed by atoms with van der Waals surface area (Å²) in [7, 11) is 0. The Kier molecular flexibility index (Phi) is 3.84. The van der Waals surface area contributed by atoms with E-state index in [9.17, 15) is 4.39 Å². The first-order chi connectivity index (χ1) is 5.67. The van der Waals surface area contributed by atoms with Gasteiger partial charge in [0.25, 0.3) is 0 Å². The number of rotatable bonds is 3. The van der Waals surface area contributed by atoms with Gasteiger partial charge in [-0.1, -0.05) is 13.8 Å². The highest BCUT2D eigenvalue weighted by atomic mass is 32.2. The molecule has 1 atom stereocenters. The Labute approximate surface area is 78.5 Å².